The first kappa shape index (κ1) is 11.6. The SMILES string of the molecule is CCOC(=O)CS(=O)(=O)c1ncccn1. The Labute approximate surface area is 87.2 Å². The zero-order valence-electron chi connectivity index (χ0n) is 8.08. The molecular formula is C8H10N2O4S. The summed E-state index contributed by atoms with van der Waals surface area (Å²) in [4.78, 5) is 18.1. The van der Waals surface area contributed by atoms with Gasteiger partial charge in [0.05, 0.1) is 6.61 Å². The highest BCUT2D eigenvalue weighted by Gasteiger charge is 2.22. The fourth-order valence-electron chi connectivity index (χ4n) is 0.868. The highest BCUT2D eigenvalue weighted by molar-refractivity contribution is 7.91. The summed E-state index contributed by atoms with van der Waals surface area (Å²) >= 11 is 0. The Kier molecular flexibility index (Phi) is 3.73. The van der Waals surface area contributed by atoms with Gasteiger partial charge in [0.15, 0.2) is 5.75 Å². The van der Waals surface area contributed by atoms with Crippen LogP contribution in [0.4, 0.5) is 0 Å². The third-order valence-electron chi connectivity index (χ3n) is 1.43. The number of esters is 1. The summed E-state index contributed by atoms with van der Waals surface area (Å²) in [6.07, 6.45) is 2.59. The van der Waals surface area contributed by atoms with E-state index in [1.54, 1.807) is 6.92 Å². The summed E-state index contributed by atoms with van der Waals surface area (Å²) in [6, 6.07) is 1.49. The molecule has 0 aliphatic carbocycles. The molecule has 1 heterocycles. The first-order valence-corrected chi connectivity index (χ1v) is 5.87. The van der Waals surface area contributed by atoms with E-state index in [2.05, 4.69) is 14.7 Å². The van der Waals surface area contributed by atoms with Crippen molar-refractivity contribution in [1.29, 1.82) is 0 Å². The lowest BCUT2D eigenvalue weighted by Crippen LogP contribution is -2.20. The minimum atomic E-state index is -3.78. The van der Waals surface area contributed by atoms with Gasteiger partial charge in [-0.15, -0.1) is 0 Å². The predicted molar refractivity (Wildman–Crippen MR) is 50.7 cm³/mol. The van der Waals surface area contributed by atoms with Crippen LogP contribution in [0.25, 0.3) is 0 Å². The van der Waals surface area contributed by atoms with Crippen LogP contribution in [-0.4, -0.2) is 36.7 Å². The minimum absolute atomic E-state index is 0.143. The highest BCUT2D eigenvalue weighted by atomic mass is 32.2. The van der Waals surface area contributed by atoms with E-state index in [0.29, 0.717) is 0 Å². The summed E-state index contributed by atoms with van der Waals surface area (Å²) in [7, 11) is -3.78. The van der Waals surface area contributed by atoms with Gasteiger partial charge >= 0.3 is 5.97 Å². The molecule has 0 saturated carbocycles. The largest absolute Gasteiger partial charge is 0.465 e. The fourth-order valence-corrected chi connectivity index (χ4v) is 1.83. The van der Waals surface area contributed by atoms with Crippen molar-refractivity contribution in [2.75, 3.05) is 12.4 Å². The van der Waals surface area contributed by atoms with Crippen molar-refractivity contribution in [3.63, 3.8) is 0 Å². The zero-order chi connectivity index (χ0) is 11.3. The molecule has 0 fully saturated rings. The lowest BCUT2D eigenvalue weighted by atomic mass is 10.7. The third kappa shape index (κ3) is 3.28. The monoisotopic (exact) mass is 230 g/mol. The molecule has 1 aromatic heterocycles. The molecule has 0 spiro atoms. The van der Waals surface area contributed by atoms with Gasteiger partial charge < -0.3 is 4.74 Å². The number of hydrogen-bond donors (Lipinski definition) is 0. The van der Waals surface area contributed by atoms with Gasteiger partial charge in [0, 0.05) is 12.4 Å². The summed E-state index contributed by atoms with van der Waals surface area (Å²) in [5, 5.41) is -0.363. The van der Waals surface area contributed by atoms with Gasteiger partial charge in [0.25, 0.3) is 0 Å². The summed E-state index contributed by atoms with van der Waals surface area (Å²) in [6.45, 7) is 1.74. The zero-order valence-corrected chi connectivity index (χ0v) is 8.90. The van der Waals surface area contributed by atoms with Crippen LogP contribution in [0, 0.1) is 0 Å². The van der Waals surface area contributed by atoms with Gasteiger partial charge in [-0.1, -0.05) is 0 Å². The summed E-state index contributed by atoms with van der Waals surface area (Å²) in [5.41, 5.74) is 0. The number of aromatic nitrogens is 2. The smallest absolute Gasteiger partial charge is 0.321 e. The van der Waals surface area contributed by atoms with Crippen LogP contribution in [0.1, 0.15) is 6.92 Å². The van der Waals surface area contributed by atoms with Crippen LogP contribution in [0.2, 0.25) is 0 Å². The summed E-state index contributed by atoms with van der Waals surface area (Å²) in [5.74, 6) is -1.53. The lowest BCUT2D eigenvalue weighted by molar-refractivity contribution is -0.139. The second-order valence-corrected chi connectivity index (χ2v) is 4.48. The van der Waals surface area contributed by atoms with Gasteiger partial charge in [-0.25, -0.2) is 18.4 Å². The van der Waals surface area contributed by atoms with Crippen molar-refractivity contribution in [2.24, 2.45) is 0 Å². The standard InChI is InChI=1S/C8H10N2O4S/c1-2-14-7(11)6-15(12,13)8-9-4-3-5-10-8/h3-5H,2,6H2,1H3. The van der Waals surface area contributed by atoms with Crippen LogP contribution in [0.15, 0.2) is 23.6 Å². The number of sulfone groups is 1. The number of carbonyl (C=O) groups is 1. The van der Waals surface area contributed by atoms with Crippen LogP contribution >= 0.6 is 0 Å². The Morgan fingerprint density at radius 1 is 1.40 bits per heavy atom. The molecule has 0 bridgehead atoms. The van der Waals surface area contributed by atoms with Crippen LogP contribution in [-0.2, 0) is 19.4 Å². The Morgan fingerprint density at radius 2 is 2.00 bits per heavy atom. The first-order valence-electron chi connectivity index (χ1n) is 4.21. The van der Waals surface area contributed by atoms with Gasteiger partial charge in [-0.3, -0.25) is 4.79 Å². The fraction of sp³-hybridized carbons (Fsp3) is 0.375. The average molecular weight is 230 g/mol. The predicted octanol–water partition coefficient (Wildman–Crippen LogP) is -0.187. The minimum Gasteiger partial charge on any atom is -0.465 e. The molecule has 0 aromatic carbocycles. The maximum absolute atomic E-state index is 11.5. The molecule has 7 heteroatoms. The number of nitrogens with zero attached hydrogens (tertiary/aromatic N) is 2. The highest BCUT2D eigenvalue weighted by Crippen LogP contribution is 2.03. The van der Waals surface area contributed by atoms with Crippen molar-refractivity contribution >= 4 is 15.8 Å². The van der Waals surface area contributed by atoms with E-state index < -0.39 is 21.6 Å². The second-order valence-electron chi connectivity index (χ2n) is 2.60. The van der Waals surface area contributed by atoms with Gasteiger partial charge in [0.1, 0.15) is 0 Å². The molecule has 0 amide bonds. The van der Waals surface area contributed by atoms with Gasteiger partial charge in [-0.2, -0.15) is 0 Å². The number of rotatable bonds is 4. The van der Waals surface area contributed by atoms with Gasteiger partial charge in [0.2, 0.25) is 15.0 Å². The maximum atomic E-state index is 11.5. The molecular weight excluding hydrogens is 220 g/mol. The van der Waals surface area contributed by atoms with Crippen LogP contribution < -0.4 is 0 Å². The number of carbonyl (C=O) groups excluding carboxylic acids is 1. The lowest BCUT2D eigenvalue weighted by Gasteiger charge is -2.01. The number of hydrogen-bond acceptors (Lipinski definition) is 6. The van der Waals surface area contributed by atoms with E-state index >= 15 is 0 Å². The van der Waals surface area contributed by atoms with E-state index in [9.17, 15) is 13.2 Å². The Bertz CT molecular complexity index is 429. The van der Waals surface area contributed by atoms with E-state index in [-0.39, 0.29) is 11.8 Å². The Morgan fingerprint density at radius 3 is 2.53 bits per heavy atom. The number of ether oxygens (including phenoxy) is 1. The summed E-state index contributed by atoms with van der Waals surface area (Å²) < 4.78 is 27.5. The van der Waals surface area contributed by atoms with Crippen molar-refractivity contribution in [1.82, 2.24) is 9.97 Å². The molecule has 15 heavy (non-hydrogen) atoms. The van der Waals surface area contributed by atoms with Crippen molar-refractivity contribution in [2.45, 2.75) is 12.1 Å². The molecule has 0 radical (unpaired) electrons. The normalized spacial score (nSPS) is 11.0. The van der Waals surface area contributed by atoms with E-state index in [0.717, 1.165) is 0 Å². The van der Waals surface area contributed by atoms with E-state index in [4.69, 9.17) is 0 Å². The molecule has 0 saturated heterocycles. The van der Waals surface area contributed by atoms with Crippen molar-refractivity contribution in [3.05, 3.63) is 18.5 Å². The van der Waals surface area contributed by atoms with E-state index in [1.165, 1.54) is 18.5 Å². The van der Waals surface area contributed by atoms with E-state index in [1.807, 2.05) is 0 Å². The molecule has 0 N–H and O–H groups in total. The third-order valence-corrected chi connectivity index (χ3v) is 2.82. The van der Waals surface area contributed by atoms with Crippen LogP contribution in [0.3, 0.4) is 0 Å². The quantitative estimate of drug-likeness (QED) is 0.526. The Balaban J connectivity index is 2.81. The van der Waals surface area contributed by atoms with Gasteiger partial charge in [-0.05, 0) is 13.0 Å². The average Bonchev–Trinajstić information content (AvgIpc) is 2.18. The molecule has 0 atom stereocenters. The molecule has 1 rings (SSSR count). The molecule has 0 aliphatic heterocycles. The molecule has 0 unspecified atom stereocenters. The van der Waals surface area contributed by atoms with Crippen molar-refractivity contribution < 1.29 is 17.9 Å². The molecule has 0 aliphatic rings. The van der Waals surface area contributed by atoms with Crippen molar-refractivity contribution in [3.8, 4) is 0 Å². The molecule has 82 valence electrons. The molecule has 6 nitrogen and oxygen atoms in total. The first-order chi connectivity index (χ1) is 7.06. The molecule has 1 aromatic rings. The van der Waals surface area contributed by atoms with Crippen LogP contribution in [0.5, 0.6) is 0 Å². The topological polar surface area (TPSA) is 86.2 Å². The maximum Gasteiger partial charge on any atom is 0.321 e. The second kappa shape index (κ2) is 4.83. The Hall–Kier alpha value is -1.50.